The van der Waals surface area contributed by atoms with E-state index in [1.165, 1.54) is 25.7 Å². The number of rotatable bonds is 3. The molecule has 0 amide bonds. The molecule has 0 aromatic rings. The number of β-amino-alcohol motifs (C(OH)–C–C–N with tert-alkyl or cyclic N) is 1. The SMILES string of the molecule is CC1(O)CCCN(CC2(CO)CCCCCC2)C1. The maximum Gasteiger partial charge on any atom is 0.0746 e. The maximum absolute atomic E-state index is 10.2. The van der Waals surface area contributed by atoms with Crippen LogP contribution in [0, 0.1) is 5.41 Å². The highest BCUT2D eigenvalue weighted by Crippen LogP contribution is 2.36. The van der Waals surface area contributed by atoms with E-state index in [4.69, 9.17) is 0 Å². The van der Waals surface area contributed by atoms with Gasteiger partial charge in [0.05, 0.1) is 5.60 Å². The van der Waals surface area contributed by atoms with Crippen LogP contribution in [-0.2, 0) is 0 Å². The minimum absolute atomic E-state index is 0.101. The van der Waals surface area contributed by atoms with Gasteiger partial charge in [0.15, 0.2) is 0 Å². The molecule has 1 saturated carbocycles. The smallest absolute Gasteiger partial charge is 0.0746 e. The standard InChI is InChI=1S/C15H29NO2/c1-14(18)7-6-10-16(11-14)12-15(13-17)8-4-2-3-5-9-15/h17-18H,2-13H2,1H3. The van der Waals surface area contributed by atoms with Gasteiger partial charge >= 0.3 is 0 Å². The largest absolute Gasteiger partial charge is 0.396 e. The Balaban J connectivity index is 1.96. The second-order valence-corrected chi connectivity index (χ2v) is 6.88. The molecule has 106 valence electrons. The monoisotopic (exact) mass is 255 g/mol. The summed E-state index contributed by atoms with van der Waals surface area (Å²) >= 11 is 0. The lowest BCUT2D eigenvalue weighted by molar-refractivity contribution is -0.0383. The van der Waals surface area contributed by atoms with Gasteiger partial charge < -0.3 is 10.2 Å². The molecular weight excluding hydrogens is 226 g/mol. The van der Waals surface area contributed by atoms with Crippen LogP contribution in [-0.4, -0.2) is 47.0 Å². The Hall–Kier alpha value is -0.120. The fraction of sp³-hybridized carbons (Fsp3) is 1.00. The molecule has 2 fully saturated rings. The summed E-state index contributed by atoms with van der Waals surface area (Å²) in [5.41, 5.74) is -0.427. The zero-order valence-corrected chi connectivity index (χ0v) is 11.8. The lowest BCUT2D eigenvalue weighted by Crippen LogP contribution is -2.50. The van der Waals surface area contributed by atoms with Crippen molar-refractivity contribution < 1.29 is 10.2 Å². The van der Waals surface area contributed by atoms with Crippen LogP contribution in [0.5, 0.6) is 0 Å². The highest BCUT2D eigenvalue weighted by Gasteiger charge is 2.36. The summed E-state index contributed by atoms with van der Waals surface area (Å²) in [5.74, 6) is 0. The number of likely N-dealkylation sites (tertiary alicyclic amines) is 1. The Kier molecular flexibility index (Phi) is 4.68. The van der Waals surface area contributed by atoms with Gasteiger partial charge in [-0.05, 0) is 39.2 Å². The molecule has 1 atom stereocenters. The molecule has 1 aliphatic heterocycles. The molecule has 0 aromatic carbocycles. The Bertz CT molecular complexity index is 257. The van der Waals surface area contributed by atoms with Crippen molar-refractivity contribution in [3.8, 4) is 0 Å². The molecule has 0 bridgehead atoms. The van der Waals surface area contributed by atoms with Gasteiger partial charge in [-0.15, -0.1) is 0 Å². The first-order valence-corrected chi connectivity index (χ1v) is 7.61. The van der Waals surface area contributed by atoms with E-state index < -0.39 is 5.60 Å². The summed E-state index contributed by atoms with van der Waals surface area (Å²) in [7, 11) is 0. The minimum atomic E-state index is -0.528. The first kappa shape index (κ1) is 14.3. The van der Waals surface area contributed by atoms with E-state index in [0.717, 1.165) is 45.3 Å². The van der Waals surface area contributed by atoms with Crippen molar-refractivity contribution in [3.63, 3.8) is 0 Å². The summed E-state index contributed by atoms with van der Waals surface area (Å²) in [6, 6.07) is 0. The third-order valence-corrected chi connectivity index (χ3v) is 4.81. The lowest BCUT2D eigenvalue weighted by atomic mass is 9.79. The summed E-state index contributed by atoms with van der Waals surface area (Å²) in [6.07, 6.45) is 9.45. The predicted molar refractivity (Wildman–Crippen MR) is 73.5 cm³/mol. The topological polar surface area (TPSA) is 43.7 Å². The third kappa shape index (κ3) is 3.69. The molecule has 1 saturated heterocycles. The van der Waals surface area contributed by atoms with Crippen LogP contribution in [0.4, 0.5) is 0 Å². The Labute approximate surface area is 111 Å². The highest BCUT2D eigenvalue weighted by molar-refractivity contribution is 4.89. The normalized spacial score (nSPS) is 34.2. The van der Waals surface area contributed by atoms with Crippen LogP contribution in [0.15, 0.2) is 0 Å². The van der Waals surface area contributed by atoms with Gasteiger partial charge in [-0.25, -0.2) is 0 Å². The summed E-state index contributed by atoms with van der Waals surface area (Å²) in [6.45, 7) is 5.08. The fourth-order valence-corrected chi connectivity index (χ4v) is 3.78. The molecule has 2 rings (SSSR count). The molecule has 3 heteroatoms. The van der Waals surface area contributed by atoms with E-state index in [0.29, 0.717) is 6.61 Å². The van der Waals surface area contributed by atoms with Crippen LogP contribution in [0.25, 0.3) is 0 Å². The van der Waals surface area contributed by atoms with E-state index in [-0.39, 0.29) is 5.41 Å². The van der Waals surface area contributed by atoms with Gasteiger partial charge in [0, 0.05) is 25.1 Å². The quantitative estimate of drug-likeness (QED) is 0.760. The van der Waals surface area contributed by atoms with Crippen LogP contribution < -0.4 is 0 Å². The zero-order chi connectivity index (χ0) is 13.1. The van der Waals surface area contributed by atoms with Gasteiger partial charge in [-0.2, -0.15) is 0 Å². The van der Waals surface area contributed by atoms with Crippen molar-refractivity contribution in [3.05, 3.63) is 0 Å². The Morgan fingerprint density at radius 3 is 2.22 bits per heavy atom. The van der Waals surface area contributed by atoms with Crippen molar-refractivity contribution in [2.24, 2.45) is 5.41 Å². The minimum Gasteiger partial charge on any atom is -0.396 e. The molecule has 3 nitrogen and oxygen atoms in total. The number of hydrogen-bond donors (Lipinski definition) is 2. The number of aliphatic hydroxyl groups excluding tert-OH is 1. The molecule has 18 heavy (non-hydrogen) atoms. The maximum atomic E-state index is 10.2. The van der Waals surface area contributed by atoms with Gasteiger partial charge in [0.2, 0.25) is 0 Å². The predicted octanol–water partition coefficient (Wildman–Crippen LogP) is 2.17. The number of hydrogen-bond acceptors (Lipinski definition) is 3. The van der Waals surface area contributed by atoms with E-state index in [9.17, 15) is 10.2 Å². The molecule has 0 spiro atoms. The Morgan fingerprint density at radius 1 is 1.00 bits per heavy atom. The number of nitrogens with zero attached hydrogens (tertiary/aromatic N) is 1. The molecule has 1 heterocycles. The molecular formula is C15H29NO2. The average molecular weight is 255 g/mol. The summed E-state index contributed by atoms with van der Waals surface area (Å²) in [4.78, 5) is 2.38. The van der Waals surface area contributed by atoms with Crippen LogP contribution in [0.1, 0.15) is 58.3 Å². The molecule has 1 aliphatic carbocycles. The van der Waals surface area contributed by atoms with Crippen LogP contribution in [0.2, 0.25) is 0 Å². The zero-order valence-electron chi connectivity index (χ0n) is 11.8. The highest BCUT2D eigenvalue weighted by atomic mass is 16.3. The van der Waals surface area contributed by atoms with Crippen molar-refractivity contribution >= 4 is 0 Å². The summed E-state index contributed by atoms with van der Waals surface area (Å²) in [5, 5.41) is 20.0. The second kappa shape index (κ2) is 5.89. The van der Waals surface area contributed by atoms with Crippen LogP contribution >= 0.6 is 0 Å². The number of aliphatic hydroxyl groups is 2. The van der Waals surface area contributed by atoms with Crippen LogP contribution in [0.3, 0.4) is 0 Å². The van der Waals surface area contributed by atoms with Crippen molar-refractivity contribution in [2.45, 2.75) is 63.9 Å². The first-order valence-electron chi connectivity index (χ1n) is 7.61. The molecule has 2 N–H and O–H groups in total. The Morgan fingerprint density at radius 2 is 1.67 bits per heavy atom. The average Bonchev–Trinajstić information content (AvgIpc) is 2.54. The lowest BCUT2D eigenvalue weighted by Gasteiger charge is -2.42. The van der Waals surface area contributed by atoms with Crippen molar-refractivity contribution in [1.29, 1.82) is 0 Å². The third-order valence-electron chi connectivity index (χ3n) is 4.81. The van der Waals surface area contributed by atoms with E-state index in [2.05, 4.69) is 4.90 Å². The first-order chi connectivity index (χ1) is 8.55. The van der Waals surface area contributed by atoms with Crippen molar-refractivity contribution in [2.75, 3.05) is 26.2 Å². The fourth-order valence-electron chi connectivity index (χ4n) is 3.78. The summed E-state index contributed by atoms with van der Waals surface area (Å²) < 4.78 is 0. The van der Waals surface area contributed by atoms with Gasteiger partial charge in [-0.1, -0.05) is 25.7 Å². The van der Waals surface area contributed by atoms with Crippen molar-refractivity contribution in [1.82, 2.24) is 4.90 Å². The number of piperidine rings is 1. The van der Waals surface area contributed by atoms with Gasteiger partial charge in [0.25, 0.3) is 0 Å². The van der Waals surface area contributed by atoms with E-state index in [1.54, 1.807) is 0 Å². The molecule has 0 aromatic heterocycles. The molecule has 1 unspecified atom stereocenters. The molecule has 0 radical (unpaired) electrons. The van der Waals surface area contributed by atoms with Gasteiger partial charge in [-0.3, -0.25) is 4.90 Å². The van der Waals surface area contributed by atoms with E-state index in [1.807, 2.05) is 6.92 Å². The van der Waals surface area contributed by atoms with Gasteiger partial charge in [0.1, 0.15) is 0 Å². The van der Waals surface area contributed by atoms with E-state index >= 15 is 0 Å². The molecule has 2 aliphatic rings. The second-order valence-electron chi connectivity index (χ2n) is 6.88.